The van der Waals surface area contributed by atoms with Gasteiger partial charge in [0.05, 0.1) is 6.54 Å². The molecule has 1 aliphatic rings. The highest BCUT2D eigenvalue weighted by molar-refractivity contribution is 5.82. The minimum Gasteiger partial charge on any atom is -0.298 e. The Morgan fingerprint density at radius 1 is 1.43 bits per heavy atom. The molecule has 0 aromatic heterocycles. The van der Waals surface area contributed by atoms with E-state index in [4.69, 9.17) is 0 Å². The number of nitrogens with zero attached hydrogens (tertiary/aromatic N) is 1. The highest BCUT2D eigenvalue weighted by Gasteiger charge is 2.18. The minimum atomic E-state index is -0.215. The molecule has 1 saturated heterocycles. The van der Waals surface area contributed by atoms with Gasteiger partial charge in [0.15, 0.2) is 0 Å². The quantitative estimate of drug-likeness (QED) is 0.711. The topological polar surface area (TPSA) is 20.3 Å². The van der Waals surface area contributed by atoms with Gasteiger partial charge in [-0.3, -0.25) is 9.69 Å². The van der Waals surface area contributed by atoms with Crippen LogP contribution in [0.15, 0.2) is 24.3 Å². The van der Waals surface area contributed by atoms with Gasteiger partial charge in [-0.2, -0.15) is 0 Å². The first-order valence-corrected chi connectivity index (χ1v) is 4.72. The molecule has 1 heterocycles. The molecule has 1 aromatic rings. The van der Waals surface area contributed by atoms with Crippen LogP contribution in [0.25, 0.3) is 0 Å². The van der Waals surface area contributed by atoms with Gasteiger partial charge in [-0.1, -0.05) is 12.1 Å². The highest BCUT2D eigenvalue weighted by Crippen LogP contribution is 2.11. The van der Waals surface area contributed by atoms with Crippen molar-refractivity contribution in [2.24, 2.45) is 0 Å². The summed E-state index contributed by atoms with van der Waals surface area (Å²) in [6.07, 6.45) is 0.634. The number of ketones is 1. The maximum Gasteiger partial charge on any atom is 0.148 e. The first-order valence-electron chi connectivity index (χ1n) is 4.72. The molecule has 14 heavy (non-hydrogen) atoms. The molecule has 1 aromatic carbocycles. The number of Topliss-reactive ketones (excluding diaryl/α,β-unsaturated/α-hetero) is 1. The number of carbonyl (C=O) groups is 1. The van der Waals surface area contributed by atoms with E-state index in [1.165, 1.54) is 12.1 Å². The molecule has 1 aliphatic heterocycles. The van der Waals surface area contributed by atoms with E-state index in [0.717, 1.165) is 12.1 Å². The van der Waals surface area contributed by atoms with Crippen LogP contribution in [0.2, 0.25) is 0 Å². The molecule has 0 aliphatic carbocycles. The Balaban J connectivity index is 2.00. The monoisotopic (exact) mass is 193 g/mol. The van der Waals surface area contributed by atoms with Crippen LogP contribution in [0, 0.1) is 5.82 Å². The average molecular weight is 193 g/mol. The summed E-state index contributed by atoms with van der Waals surface area (Å²) in [6, 6.07) is 6.52. The van der Waals surface area contributed by atoms with Crippen molar-refractivity contribution >= 4 is 5.78 Å². The van der Waals surface area contributed by atoms with Crippen molar-refractivity contribution in [1.82, 2.24) is 4.90 Å². The molecule has 0 amide bonds. The van der Waals surface area contributed by atoms with E-state index in [9.17, 15) is 9.18 Å². The largest absolute Gasteiger partial charge is 0.298 e. The molecular formula is C11H12FNO. The van der Waals surface area contributed by atoms with Gasteiger partial charge in [0.2, 0.25) is 0 Å². The summed E-state index contributed by atoms with van der Waals surface area (Å²) >= 11 is 0. The summed E-state index contributed by atoms with van der Waals surface area (Å²) in [6.45, 7) is 1.98. The SMILES string of the molecule is O=C1CCN(Cc2cccc(F)c2)C1. The molecule has 0 atom stereocenters. The fraction of sp³-hybridized carbons (Fsp3) is 0.364. The van der Waals surface area contributed by atoms with Gasteiger partial charge in [-0.25, -0.2) is 4.39 Å². The first kappa shape index (κ1) is 9.34. The molecule has 1 fully saturated rings. The van der Waals surface area contributed by atoms with E-state index in [-0.39, 0.29) is 11.6 Å². The predicted octanol–water partition coefficient (Wildman–Crippen LogP) is 1.60. The predicted molar refractivity (Wildman–Crippen MR) is 51.3 cm³/mol. The zero-order chi connectivity index (χ0) is 9.97. The van der Waals surface area contributed by atoms with Crippen molar-refractivity contribution in [3.05, 3.63) is 35.6 Å². The van der Waals surface area contributed by atoms with Crippen molar-refractivity contribution in [3.8, 4) is 0 Å². The van der Waals surface area contributed by atoms with Crippen LogP contribution in [0.5, 0.6) is 0 Å². The summed E-state index contributed by atoms with van der Waals surface area (Å²) in [5.41, 5.74) is 0.930. The van der Waals surface area contributed by atoms with Crippen molar-refractivity contribution in [3.63, 3.8) is 0 Å². The van der Waals surface area contributed by atoms with Crippen LogP contribution in [0.3, 0.4) is 0 Å². The Hall–Kier alpha value is -1.22. The van der Waals surface area contributed by atoms with E-state index >= 15 is 0 Å². The van der Waals surface area contributed by atoms with Crippen molar-refractivity contribution in [2.75, 3.05) is 13.1 Å². The van der Waals surface area contributed by atoms with Crippen molar-refractivity contribution < 1.29 is 9.18 Å². The maximum atomic E-state index is 12.8. The van der Waals surface area contributed by atoms with Gasteiger partial charge >= 0.3 is 0 Å². The van der Waals surface area contributed by atoms with Gasteiger partial charge in [0, 0.05) is 19.5 Å². The minimum absolute atomic E-state index is 0.215. The number of benzene rings is 1. The van der Waals surface area contributed by atoms with Crippen LogP contribution >= 0.6 is 0 Å². The van der Waals surface area contributed by atoms with E-state index in [1.807, 2.05) is 11.0 Å². The lowest BCUT2D eigenvalue weighted by Crippen LogP contribution is -2.19. The normalized spacial score (nSPS) is 17.6. The highest BCUT2D eigenvalue weighted by atomic mass is 19.1. The van der Waals surface area contributed by atoms with E-state index < -0.39 is 0 Å². The fourth-order valence-electron chi connectivity index (χ4n) is 1.72. The van der Waals surface area contributed by atoms with Crippen LogP contribution in [-0.4, -0.2) is 23.8 Å². The lowest BCUT2D eigenvalue weighted by atomic mass is 10.2. The molecule has 0 unspecified atom stereocenters. The molecular weight excluding hydrogens is 181 g/mol. The van der Waals surface area contributed by atoms with Crippen LogP contribution in [-0.2, 0) is 11.3 Å². The molecule has 0 radical (unpaired) electrons. The average Bonchev–Trinajstić information content (AvgIpc) is 2.51. The van der Waals surface area contributed by atoms with E-state index in [0.29, 0.717) is 19.5 Å². The number of likely N-dealkylation sites (tertiary alicyclic amines) is 1. The number of halogens is 1. The summed E-state index contributed by atoms with van der Waals surface area (Å²) in [7, 11) is 0. The van der Waals surface area contributed by atoms with Gasteiger partial charge in [-0.05, 0) is 17.7 Å². The van der Waals surface area contributed by atoms with Crippen LogP contribution in [0.4, 0.5) is 4.39 Å². The molecule has 0 bridgehead atoms. The second-order valence-electron chi connectivity index (χ2n) is 3.63. The third-order valence-corrected chi connectivity index (χ3v) is 2.40. The summed E-state index contributed by atoms with van der Waals surface area (Å²) in [5, 5.41) is 0. The zero-order valence-electron chi connectivity index (χ0n) is 7.87. The Kier molecular flexibility index (Phi) is 2.59. The smallest absolute Gasteiger partial charge is 0.148 e. The van der Waals surface area contributed by atoms with Crippen LogP contribution < -0.4 is 0 Å². The van der Waals surface area contributed by atoms with Gasteiger partial charge in [0.1, 0.15) is 11.6 Å². The Morgan fingerprint density at radius 2 is 2.29 bits per heavy atom. The molecule has 74 valence electrons. The lowest BCUT2D eigenvalue weighted by Gasteiger charge is -2.13. The molecule has 0 saturated carbocycles. The lowest BCUT2D eigenvalue weighted by molar-refractivity contribution is -0.116. The molecule has 2 nitrogen and oxygen atoms in total. The number of rotatable bonds is 2. The van der Waals surface area contributed by atoms with Gasteiger partial charge in [0.25, 0.3) is 0 Å². The number of carbonyl (C=O) groups excluding carboxylic acids is 1. The zero-order valence-corrected chi connectivity index (χ0v) is 7.87. The van der Waals surface area contributed by atoms with Crippen molar-refractivity contribution in [2.45, 2.75) is 13.0 Å². The number of hydrogen-bond donors (Lipinski definition) is 0. The summed E-state index contributed by atoms with van der Waals surface area (Å²) < 4.78 is 12.8. The van der Waals surface area contributed by atoms with Gasteiger partial charge < -0.3 is 0 Å². The fourth-order valence-corrected chi connectivity index (χ4v) is 1.72. The molecule has 3 heteroatoms. The van der Waals surface area contributed by atoms with Crippen LogP contribution in [0.1, 0.15) is 12.0 Å². The standard InChI is InChI=1S/C11H12FNO/c12-10-3-1-2-9(6-10)7-13-5-4-11(14)8-13/h1-3,6H,4-5,7-8H2. The second kappa shape index (κ2) is 3.88. The molecule has 0 N–H and O–H groups in total. The van der Waals surface area contributed by atoms with Crippen molar-refractivity contribution in [1.29, 1.82) is 0 Å². The van der Waals surface area contributed by atoms with E-state index in [2.05, 4.69) is 0 Å². The van der Waals surface area contributed by atoms with E-state index in [1.54, 1.807) is 6.07 Å². The Morgan fingerprint density at radius 3 is 2.93 bits per heavy atom. The summed E-state index contributed by atoms with van der Waals surface area (Å²) in [5.74, 6) is 0.0643. The Labute approximate surface area is 82.3 Å². The first-order chi connectivity index (χ1) is 6.74. The second-order valence-corrected chi connectivity index (χ2v) is 3.63. The summed E-state index contributed by atoms with van der Waals surface area (Å²) in [4.78, 5) is 13.0. The number of hydrogen-bond acceptors (Lipinski definition) is 2. The van der Waals surface area contributed by atoms with Gasteiger partial charge in [-0.15, -0.1) is 0 Å². The Bertz CT molecular complexity index is 351. The maximum absolute atomic E-state index is 12.8. The third kappa shape index (κ3) is 2.17. The third-order valence-electron chi connectivity index (χ3n) is 2.40. The molecule has 2 rings (SSSR count). The molecule has 0 spiro atoms.